The zero-order valence-electron chi connectivity index (χ0n) is 17.2. The third kappa shape index (κ3) is 5.09. The Labute approximate surface area is 184 Å². The number of nitro groups is 1. The van der Waals surface area contributed by atoms with Gasteiger partial charge < -0.3 is 20.6 Å². The standard InChI is InChI=1S/C22H23FN6O3/c23-18-14-28(11-9-20(18)30)17-5-3-16(4-6-17)26-22-19(29(31)32)7-8-21(27-22)25-13-15-2-1-10-24-12-15/h1-8,10,12,18,20,30H,9,11,13-14H2,(H2,25,26,27). The van der Waals surface area contributed by atoms with E-state index in [0.717, 1.165) is 11.3 Å². The van der Waals surface area contributed by atoms with E-state index in [1.165, 1.54) is 6.07 Å². The molecule has 0 saturated carbocycles. The Morgan fingerprint density at radius 2 is 2.03 bits per heavy atom. The van der Waals surface area contributed by atoms with Crippen LogP contribution in [-0.2, 0) is 6.54 Å². The van der Waals surface area contributed by atoms with Crippen LogP contribution in [0, 0.1) is 10.1 Å². The number of aliphatic hydroxyl groups excluding tert-OH is 1. The van der Waals surface area contributed by atoms with Crippen LogP contribution in [0.5, 0.6) is 0 Å². The Hall–Kier alpha value is -3.79. The van der Waals surface area contributed by atoms with Crippen LogP contribution >= 0.6 is 0 Å². The lowest BCUT2D eigenvalue weighted by Gasteiger charge is -2.33. The highest BCUT2D eigenvalue weighted by Crippen LogP contribution is 2.29. The molecule has 1 aliphatic rings. The SMILES string of the molecule is O=[N+]([O-])c1ccc(NCc2cccnc2)nc1Nc1ccc(N2CCC(O)C(F)C2)cc1. The van der Waals surface area contributed by atoms with Gasteiger partial charge in [-0.15, -0.1) is 0 Å². The molecule has 2 unspecified atom stereocenters. The van der Waals surface area contributed by atoms with Gasteiger partial charge in [0.15, 0.2) is 0 Å². The van der Waals surface area contributed by atoms with E-state index < -0.39 is 17.2 Å². The van der Waals surface area contributed by atoms with E-state index in [2.05, 4.69) is 20.6 Å². The fraction of sp³-hybridized carbons (Fsp3) is 0.273. The number of halogens is 1. The van der Waals surface area contributed by atoms with Gasteiger partial charge in [0.05, 0.1) is 17.6 Å². The van der Waals surface area contributed by atoms with Crippen molar-refractivity contribution in [2.24, 2.45) is 0 Å². The van der Waals surface area contributed by atoms with E-state index >= 15 is 0 Å². The van der Waals surface area contributed by atoms with Gasteiger partial charge in [-0.1, -0.05) is 6.07 Å². The lowest BCUT2D eigenvalue weighted by Crippen LogP contribution is -2.44. The summed E-state index contributed by atoms with van der Waals surface area (Å²) in [6.07, 6.45) is 1.59. The van der Waals surface area contributed by atoms with Gasteiger partial charge in [0.25, 0.3) is 0 Å². The first-order valence-electron chi connectivity index (χ1n) is 10.2. The molecule has 2 aromatic heterocycles. The van der Waals surface area contributed by atoms with Crippen molar-refractivity contribution in [2.45, 2.75) is 25.2 Å². The van der Waals surface area contributed by atoms with Crippen LogP contribution in [-0.4, -0.2) is 45.4 Å². The number of alkyl halides is 1. The van der Waals surface area contributed by atoms with E-state index in [1.807, 2.05) is 29.2 Å². The molecule has 1 aliphatic heterocycles. The highest BCUT2D eigenvalue weighted by molar-refractivity contribution is 5.69. The molecule has 3 N–H and O–H groups in total. The molecule has 0 spiro atoms. The molecule has 3 heterocycles. The summed E-state index contributed by atoms with van der Waals surface area (Å²) in [4.78, 5) is 21.3. The lowest BCUT2D eigenvalue weighted by atomic mass is 10.1. The summed E-state index contributed by atoms with van der Waals surface area (Å²) in [5.74, 6) is 0.600. The largest absolute Gasteiger partial charge is 0.390 e. The number of hydrogen-bond donors (Lipinski definition) is 3. The third-order valence-electron chi connectivity index (χ3n) is 5.27. The maximum absolute atomic E-state index is 13.8. The zero-order chi connectivity index (χ0) is 22.5. The molecular weight excluding hydrogens is 415 g/mol. The van der Waals surface area contributed by atoms with Gasteiger partial charge in [-0.3, -0.25) is 15.1 Å². The molecule has 1 saturated heterocycles. The Bertz CT molecular complexity index is 1070. The van der Waals surface area contributed by atoms with Gasteiger partial charge in [-0.2, -0.15) is 0 Å². The minimum atomic E-state index is -1.28. The summed E-state index contributed by atoms with van der Waals surface area (Å²) >= 11 is 0. The number of benzene rings is 1. The fourth-order valence-electron chi connectivity index (χ4n) is 3.50. The molecule has 10 heteroatoms. The molecule has 0 radical (unpaired) electrons. The van der Waals surface area contributed by atoms with Crippen LogP contribution < -0.4 is 15.5 Å². The number of hydrogen-bond acceptors (Lipinski definition) is 8. The maximum atomic E-state index is 13.8. The van der Waals surface area contributed by atoms with Crippen molar-refractivity contribution in [3.63, 3.8) is 0 Å². The number of rotatable bonds is 7. The van der Waals surface area contributed by atoms with Crippen molar-refractivity contribution < 1.29 is 14.4 Å². The van der Waals surface area contributed by atoms with Gasteiger partial charge in [-0.25, -0.2) is 9.37 Å². The van der Waals surface area contributed by atoms with Crippen molar-refractivity contribution >= 4 is 28.7 Å². The number of pyridine rings is 2. The second-order valence-electron chi connectivity index (χ2n) is 7.53. The molecule has 9 nitrogen and oxygen atoms in total. The Kier molecular flexibility index (Phi) is 6.41. The molecule has 1 fully saturated rings. The molecule has 166 valence electrons. The first-order chi connectivity index (χ1) is 15.5. The first-order valence-corrected chi connectivity index (χ1v) is 10.2. The van der Waals surface area contributed by atoms with Crippen LogP contribution in [0.15, 0.2) is 60.9 Å². The topological polar surface area (TPSA) is 116 Å². The summed E-state index contributed by atoms with van der Waals surface area (Å²) in [6.45, 7) is 1.17. The molecule has 0 aliphatic carbocycles. The Balaban J connectivity index is 1.47. The molecular formula is C22H23FN6O3. The van der Waals surface area contributed by atoms with E-state index in [9.17, 15) is 19.6 Å². The molecule has 4 rings (SSSR count). The minimum Gasteiger partial charge on any atom is -0.390 e. The third-order valence-corrected chi connectivity index (χ3v) is 5.27. The predicted octanol–water partition coefficient (Wildman–Crippen LogP) is 3.65. The lowest BCUT2D eigenvalue weighted by molar-refractivity contribution is -0.384. The number of anilines is 4. The highest BCUT2D eigenvalue weighted by atomic mass is 19.1. The number of piperidine rings is 1. The van der Waals surface area contributed by atoms with Crippen LogP contribution in [0.2, 0.25) is 0 Å². The summed E-state index contributed by atoms with van der Waals surface area (Å²) in [5.41, 5.74) is 2.24. The van der Waals surface area contributed by atoms with E-state index in [0.29, 0.717) is 31.0 Å². The Morgan fingerprint density at radius 1 is 1.22 bits per heavy atom. The first kappa shape index (κ1) is 21.4. The van der Waals surface area contributed by atoms with Crippen LogP contribution in [0.1, 0.15) is 12.0 Å². The molecule has 32 heavy (non-hydrogen) atoms. The zero-order valence-corrected chi connectivity index (χ0v) is 17.2. The maximum Gasteiger partial charge on any atom is 0.311 e. The van der Waals surface area contributed by atoms with Gasteiger partial charge in [0.1, 0.15) is 12.0 Å². The van der Waals surface area contributed by atoms with Crippen molar-refractivity contribution in [1.29, 1.82) is 0 Å². The summed E-state index contributed by atoms with van der Waals surface area (Å²) < 4.78 is 13.8. The van der Waals surface area contributed by atoms with E-state index in [1.54, 1.807) is 30.6 Å². The highest BCUT2D eigenvalue weighted by Gasteiger charge is 2.27. The number of nitrogens with zero attached hydrogens (tertiary/aromatic N) is 4. The average Bonchev–Trinajstić information content (AvgIpc) is 2.81. The molecule has 2 atom stereocenters. The number of aromatic nitrogens is 2. The van der Waals surface area contributed by atoms with Gasteiger partial charge in [0, 0.05) is 42.9 Å². The average molecular weight is 438 g/mol. The number of aliphatic hydroxyl groups is 1. The van der Waals surface area contributed by atoms with Gasteiger partial charge >= 0.3 is 5.69 Å². The molecule has 3 aromatic rings. The Morgan fingerprint density at radius 3 is 2.72 bits per heavy atom. The predicted molar refractivity (Wildman–Crippen MR) is 120 cm³/mol. The quantitative estimate of drug-likeness (QED) is 0.378. The monoisotopic (exact) mass is 438 g/mol. The van der Waals surface area contributed by atoms with E-state index in [4.69, 9.17) is 0 Å². The molecule has 0 amide bonds. The van der Waals surface area contributed by atoms with E-state index in [-0.39, 0.29) is 18.1 Å². The van der Waals surface area contributed by atoms with Crippen molar-refractivity contribution in [3.05, 3.63) is 76.6 Å². The fourth-order valence-corrected chi connectivity index (χ4v) is 3.50. The van der Waals surface area contributed by atoms with Crippen LogP contribution in [0.4, 0.5) is 33.1 Å². The molecule has 1 aromatic carbocycles. The normalized spacial score (nSPS) is 18.2. The summed E-state index contributed by atoms with van der Waals surface area (Å²) in [5, 5.41) is 27.2. The molecule has 0 bridgehead atoms. The smallest absolute Gasteiger partial charge is 0.311 e. The van der Waals surface area contributed by atoms with Gasteiger partial charge in [-0.05, 0) is 48.4 Å². The number of nitrogens with one attached hydrogen (secondary N) is 2. The summed E-state index contributed by atoms with van der Waals surface area (Å²) in [7, 11) is 0. The summed E-state index contributed by atoms with van der Waals surface area (Å²) in [6, 6.07) is 13.8. The second-order valence-corrected chi connectivity index (χ2v) is 7.53. The second kappa shape index (κ2) is 9.56. The van der Waals surface area contributed by atoms with Crippen molar-refractivity contribution in [2.75, 3.05) is 28.6 Å². The van der Waals surface area contributed by atoms with Crippen molar-refractivity contribution in [1.82, 2.24) is 9.97 Å². The van der Waals surface area contributed by atoms with Crippen LogP contribution in [0.3, 0.4) is 0 Å². The minimum absolute atomic E-state index is 0.115. The van der Waals surface area contributed by atoms with Crippen LogP contribution in [0.25, 0.3) is 0 Å². The van der Waals surface area contributed by atoms with Gasteiger partial charge in [0.2, 0.25) is 5.82 Å². The van der Waals surface area contributed by atoms with Crippen molar-refractivity contribution in [3.8, 4) is 0 Å².